The molecule has 0 aliphatic carbocycles. The highest BCUT2D eigenvalue weighted by Gasteiger charge is 2.14. The summed E-state index contributed by atoms with van der Waals surface area (Å²) in [6.45, 7) is 0.492. The highest BCUT2D eigenvalue weighted by Crippen LogP contribution is 2.25. The van der Waals surface area contributed by atoms with E-state index in [1.807, 2.05) is 6.07 Å². The first-order chi connectivity index (χ1) is 11.0. The normalized spacial score (nSPS) is 10.7. The van der Waals surface area contributed by atoms with Gasteiger partial charge in [-0.2, -0.15) is 5.10 Å². The van der Waals surface area contributed by atoms with Crippen molar-refractivity contribution in [2.75, 3.05) is 5.32 Å². The zero-order valence-corrected chi connectivity index (χ0v) is 14.7. The van der Waals surface area contributed by atoms with Crippen LogP contribution in [-0.2, 0) is 6.54 Å². The van der Waals surface area contributed by atoms with Crippen LogP contribution in [0.15, 0.2) is 51.7 Å². The van der Waals surface area contributed by atoms with E-state index in [-0.39, 0.29) is 11.7 Å². The summed E-state index contributed by atoms with van der Waals surface area (Å²) in [6.07, 6.45) is 3.20. The molecule has 0 saturated carbocycles. The summed E-state index contributed by atoms with van der Waals surface area (Å²) in [5.74, 6) is 0.262. The zero-order valence-electron chi connectivity index (χ0n) is 11.6. The van der Waals surface area contributed by atoms with E-state index in [2.05, 4.69) is 26.3 Å². The number of nitrogens with zero attached hydrogens (tertiary/aromatic N) is 2. The number of hydrogen-bond donors (Lipinski definition) is 1. The number of carbonyl (C=O) groups excluding carboxylic acids is 1. The molecule has 1 amide bonds. The fraction of sp³-hybridized carbons (Fsp3) is 0.0667. The summed E-state index contributed by atoms with van der Waals surface area (Å²) in [5.41, 5.74) is 0.943. The molecule has 118 valence electrons. The van der Waals surface area contributed by atoms with E-state index < -0.39 is 0 Å². The van der Waals surface area contributed by atoms with Crippen molar-refractivity contribution in [3.63, 3.8) is 0 Å². The second kappa shape index (κ2) is 6.78. The first-order valence-corrected chi connectivity index (χ1v) is 8.09. The van der Waals surface area contributed by atoms with Crippen LogP contribution < -0.4 is 5.32 Å². The van der Waals surface area contributed by atoms with E-state index in [1.165, 1.54) is 6.26 Å². The van der Waals surface area contributed by atoms with Crippen LogP contribution in [0.1, 0.15) is 16.1 Å². The Bertz CT molecular complexity index is 847. The molecule has 5 nitrogen and oxygen atoms in total. The lowest BCUT2D eigenvalue weighted by Gasteiger charge is -2.04. The number of anilines is 1. The van der Waals surface area contributed by atoms with Gasteiger partial charge in [0.1, 0.15) is 0 Å². The van der Waals surface area contributed by atoms with Gasteiger partial charge in [0.25, 0.3) is 5.91 Å². The second-order valence-electron chi connectivity index (χ2n) is 4.70. The number of carbonyl (C=O) groups is 1. The van der Waals surface area contributed by atoms with Gasteiger partial charge in [-0.3, -0.25) is 9.48 Å². The number of hydrogen-bond acceptors (Lipinski definition) is 3. The van der Waals surface area contributed by atoms with Crippen LogP contribution in [-0.4, -0.2) is 15.7 Å². The Kier molecular flexibility index (Phi) is 4.75. The number of nitrogens with one attached hydrogen (secondary N) is 1. The summed E-state index contributed by atoms with van der Waals surface area (Å²) < 4.78 is 7.39. The number of aromatic nitrogens is 2. The third kappa shape index (κ3) is 3.77. The molecular formula is C15H10BrCl2N3O2. The highest BCUT2D eigenvalue weighted by molar-refractivity contribution is 9.10. The summed E-state index contributed by atoms with van der Waals surface area (Å²) in [7, 11) is 0. The van der Waals surface area contributed by atoms with E-state index in [4.69, 9.17) is 27.6 Å². The third-order valence-electron chi connectivity index (χ3n) is 3.02. The summed E-state index contributed by atoms with van der Waals surface area (Å²) >= 11 is 15.3. The van der Waals surface area contributed by atoms with Crippen molar-refractivity contribution in [2.45, 2.75) is 6.54 Å². The Morgan fingerprint density at radius 1 is 1.30 bits per heavy atom. The molecular weight excluding hydrogens is 405 g/mol. The highest BCUT2D eigenvalue weighted by atomic mass is 79.9. The molecule has 0 aliphatic heterocycles. The van der Waals surface area contributed by atoms with Gasteiger partial charge in [-0.05, 0) is 45.8 Å². The van der Waals surface area contributed by atoms with Crippen LogP contribution in [0.3, 0.4) is 0 Å². The van der Waals surface area contributed by atoms with Gasteiger partial charge in [0.2, 0.25) is 0 Å². The monoisotopic (exact) mass is 413 g/mol. The van der Waals surface area contributed by atoms with Crippen molar-refractivity contribution in [1.82, 2.24) is 9.78 Å². The van der Waals surface area contributed by atoms with Crippen molar-refractivity contribution in [3.05, 3.63) is 68.6 Å². The topological polar surface area (TPSA) is 60.1 Å². The molecule has 1 aromatic carbocycles. The van der Waals surface area contributed by atoms with Crippen LogP contribution in [0.4, 0.5) is 5.82 Å². The molecule has 0 atom stereocenters. The molecule has 8 heteroatoms. The first kappa shape index (κ1) is 16.1. The largest absolute Gasteiger partial charge is 0.459 e. The maximum absolute atomic E-state index is 12.0. The van der Waals surface area contributed by atoms with Gasteiger partial charge in [0.15, 0.2) is 11.6 Å². The number of benzene rings is 1. The van der Waals surface area contributed by atoms with Crippen molar-refractivity contribution >= 4 is 50.9 Å². The molecule has 23 heavy (non-hydrogen) atoms. The van der Waals surface area contributed by atoms with Crippen LogP contribution in [0.2, 0.25) is 10.0 Å². The van der Waals surface area contributed by atoms with Gasteiger partial charge in [0, 0.05) is 6.20 Å². The van der Waals surface area contributed by atoms with Gasteiger partial charge in [-0.1, -0.05) is 29.3 Å². The standard InChI is InChI=1S/C15H10BrCl2N3O2/c16-10-8-21(7-9-3-4-11(17)12(18)6-9)20-14(10)19-15(22)13-2-1-5-23-13/h1-6,8H,7H2,(H,19,20,22). The maximum Gasteiger partial charge on any atom is 0.292 e. The molecule has 0 saturated heterocycles. The predicted octanol–water partition coefficient (Wildman–Crippen LogP) is 4.85. The molecule has 0 unspecified atom stereocenters. The lowest BCUT2D eigenvalue weighted by molar-refractivity contribution is 0.0996. The Labute approximate surface area is 150 Å². The number of rotatable bonds is 4. The first-order valence-electron chi connectivity index (χ1n) is 6.54. The lowest BCUT2D eigenvalue weighted by Crippen LogP contribution is -2.12. The molecule has 0 spiro atoms. The Balaban J connectivity index is 1.75. The predicted molar refractivity (Wildman–Crippen MR) is 92.2 cm³/mol. The SMILES string of the molecule is O=C(Nc1nn(Cc2ccc(Cl)c(Cl)c2)cc1Br)c1ccco1. The molecule has 2 heterocycles. The van der Waals surface area contributed by atoms with E-state index in [0.717, 1.165) is 5.56 Å². The van der Waals surface area contributed by atoms with Crippen LogP contribution in [0.5, 0.6) is 0 Å². The summed E-state index contributed by atoms with van der Waals surface area (Å²) in [5, 5.41) is 8.00. The van der Waals surface area contributed by atoms with Gasteiger partial charge < -0.3 is 9.73 Å². The summed E-state index contributed by atoms with van der Waals surface area (Å²) in [4.78, 5) is 12.0. The molecule has 0 aliphatic rings. The minimum absolute atomic E-state index is 0.218. The number of halogens is 3. The van der Waals surface area contributed by atoms with Crippen molar-refractivity contribution in [3.8, 4) is 0 Å². The molecule has 0 bridgehead atoms. The number of amides is 1. The molecule has 0 fully saturated rings. The quantitative estimate of drug-likeness (QED) is 0.663. The average Bonchev–Trinajstić information content (AvgIpc) is 3.14. The third-order valence-corrected chi connectivity index (χ3v) is 4.34. The van der Waals surface area contributed by atoms with Gasteiger partial charge in [-0.25, -0.2) is 0 Å². The van der Waals surface area contributed by atoms with Gasteiger partial charge in [-0.15, -0.1) is 0 Å². The summed E-state index contributed by atoms with van der Waals surface area (Å²) in [6, 6.07) is 8.60. The minimum atomic E-state index is -0.365. The Morgan fingerprint density at radius 2 is 2.13 bits per heavy atom. The zero-order chi connectivity index (χ0) is 16.4. The Hall–Kier alpha value is -1.76. The fourth-order valence-electron chi connectivity index (χ4n) is 1.96. The molecule has 1 N–H and O–H groups in total. The number of furan rings is 1. The Morgan fingerprint density at radius 3 is 2.83 bits per heavy atom. The van der Waals surface area contributed by atoms with Crippen LogP contribution in [0.25, 0.3) is 0 Å². The van der Waals surface area contributed by atoms with Crippen molar-refractivity contribution in [1.29, 1.82) is 0 Å². The average molecular weight is 415 g/mol. The van der Waals surface area contributed by atoms with E-state index in [0.29, 0.717) is 26.9 Å². The van der Waals surface area contributed by atoms with Crippen LogP contribution >= 0.6 is 39.1 Å². The van der Waals surface area contributed by atoms with E-state index in [1.54, 1.807) is 35.1 Å². The fourth-order valence-corrected chi connectivity index (χ4v) is 2.70. The van der Waals surface area contributed by atoms with Gasteiger partial charge in [0.05, 0.1) is 27.3 Å². The molecule has 3 aromatic rings. The molecule has 3 rings (SSSR count). The van der Waals surface area contributed by atoms with E-state index in [9.17, 15) is 4.79 Å². The smallest absolute Gasteiger partial charge is 0.292 e. The van der Waals surface area contributed by atoms with Crippen LogP contribution in [0, 0.1) is 0 Å². The van der Waals surface area contributed by atoms with Crippen molar-refractivity contribution in [2.24, 2.45) is 0 Å². The molecule has 2 aromatic heterocycles. The minimum Gasteiger partial charge on any atom is -0.459 e. The van der Waals surface area contributed by atoms with Gasteiger partial charge >= 0.3 is 0 Å². The van der Waals surface area contributed by atoms with E-state index >= 15 is 0 Å². The lowest BCUT2D eigenvalue weighted by atomic mass is 10.2. The molecule has 0 radical (unpaired) electrons. The second-order valence-corrected chi connectivity index (χ2v) is 6.37. The maximum atomic E-state index is 12.0. The van der Waals surface area contributed by atoms with Crippen molar-refractivity contribution < 1.29 is 9.21 Å².